The van der Waals surface area contributed by atoms with E-state index >= 15 is 0 Å². The van der Waals surface area contributed by atoms with Crippen molar-refractivity contribution in [2.24, 2.45) is 0 Å². The first kappa shape index (κ1) is 10.9. The Hall–Kier alpha value is -0.208. The Balaban J connectivity index is 2.91. The normalized spacial score (nSPS) is 12.5. The molecular formula is C8H11AlBrN2O. The van der Waals surface area contributed by atoms with Crippen LogP contribution in [-0.2, 0) is 3.79 Å². The second-order valence-electron chi connectivity index (χ2n) is 2.76. The molecule has 0 spiro atoms. The Morgan fingerprint density at radius 2 is 2.15 bits per heavy atom. The Bertz CT molecular complexity index is 295. The average molecular weight is 258 g/mol. The first-order valence-corrected chi connectivity index (χ1v) is 7.53. The predicted octanol–water partition coefficient (Wildman–Crippen LogP) is 1.86. The molecule has 69 valence electrons. The summed E-state index contributed by atoms with van der Waals surface area (Å²) in [7, 11) is 0. The predicted molar refractivity (Wildman–Crippen MR) is 59.4 cm³/mol. The Kier molecular flexibility index (Phi) is 4.07. The third kappa shape index (κ3) is 2.89. The van der Waals surface area contributed by atoms with Gasteiger partial charge in [0.15, 0.2) is 0 Å². The van der Waals surface area contributed by atoms with Crippen LogP contribution in [0.4, 0.5) is 11.4 Å². The molecule has 3 nitrogen and oxygen atoms in total. The highest BCUT2D eigenvalue weighted by Gasteiger charge is 2.08. The summed E-state index contributed by atoms with van der Waals surface area (Å²) < 4.78 is 5.43. The number of hydrogen-bond acceptors (Lipinski definition) is 3. The summed E-state index contributed by atoms with van der Waals surface area (Å²) >= 11 is 3.12. The topological polar surface area (TPSA) is 61.3 Å². The fraction of sp³-hybridized carbons (Fsp3) is 0.250. The molecule has 0 aliphatic heterocycles. The van der Waals surface area contributed by atoms with Crippen LogP contribution in [0.5, 0.6) is 0 Å². The van der Waals surface area contributed by atoms with Gasteiger partial charge >= 0.3 is 13.7 Å². The van der Waals surface area contributed by atoms with Gasteiger partial charge in [0.05, 0.1) is 6.10 Å². The number of rotatable bonds is 3. The van der Waals surface area contributed by atoms with Gasteiger partial charge in [-0.15, -0.1) is 0 Å². The van der Waals surface area contributed by atoms with Crippen molar-refractivity contribution in [1.29, 1.82) is 0 Å². The smallest absolute Gasteiger partial charge is 0.492 e. The highest BCUT2D eigenvalue weighted by atomic mass is 79.9. The molecule has 0 heterocycles. The van der Waals surface area contributed by atoms with Crippen LogP contribution in [0.3, 0.4) is 0 Å². The van der Waals surface area contributed by atoms with E-state index in [0.717, 1.165) is 11.3 Å². The van der Waals surface area contributed by atoms with Crippen LogP contribution < -0.4 is 11.5 Å². The van der Waals surface area contributed by atoms with Gasteiger partial charge < -0.3 is 15.3 Å². The summed E-state index contributed by atoms with van der Waals surface area (Å²) in [6, 6.07) is 5.43. The number of hydrogen-bond donors (Lipinski definition) is 2. The van der Waals surface area contributed by atoms with E-state index < -0.39 is 0 Å². The number of benzene rings is 1. The van der Waals surface area contributed by atoms with Crippen LogP contribution in [0.15, 0.2) is 18.2 Å². The summed E-state index contributed by atoms with van der Waals surface area (Å²) in [6.45, 7) is 1.96. The number of nitrogens with two attached hydrogens (primary N) is 2. The van der Waals surface area contributed by atoms with E-state index in [0.29, 0.717) is 5.69 Å². The molecule has 1 aromatic carbocycles. The highest BCUT2D eigenvalue weighted by Crippen LogP contribution is 2.25. The van der Waals surface area contributed by atoms with Crippen molar-refractivity contribution < 1.29 is 3.79 Å². The maximum atomic E-state index is 5.78. The Morgan fingerprint density at radius 3 is 2.77 bits per heavy atom. The molecule has 0 fully saturated rings. The third-order valence-electron chi connectivity index (χ3n) is 1.80. The van der Waals surface area contributed by atoms with Gasteiger partial charge in [-0.05, 0) is 25.1 Å². The zero-order valence-corrected chi connectivity index (χ0v) is 10.1. The van der Waals surface area contributed by atoms with Crippen LogP contribution in [0.1, 0.15) is 18.6 Å². The molecule has 0 saturated carbocycles. The number of anilines is 2. The van der Waals surface area contributed by atoms with Gasteiger partial charge in [-0.2, -0.15) is 14.1 Å². The quantitative estimate of drug-likeness (QED) is 0.642. The minimum absolute atomic E-state index is 0.00197. The molecule has 13 heavy (non-hydrogen) atoms. The van der Waals surface area contributed by atoms with Crippen LogP contribution in [0, 0.1) is 0 Å². The molecule has 0 aliphatic carbocycles. The van der Waals surface area contributed by atoms with Gasteiger partial charge in [-0.1, -0.05) is 0 Å². The van der Waals surface area contributed by atoms with Crippen molar-refractivity contribution in [3.8, 4) is 0 Å². The largest absolute Gasteiger partial charge is 0.532 e. The van der Waals surface area contributed by atoms with E-state index in [1.807, 2.05) is 13.0 Å². The van der Waals surface area contributed by atoms with Crippen molar-refractivity contribution in [2.45, 2.75) is 13.0 Å². The Labute approximate surface area is 91.1 Å². The van der Waals surface area contributed by atoms with E-state index in [9.17, 15) is 0 Å². The van der Waals surface area contributed by atoms with Crippen molar-refractivity contribution >= 4 is 39.2 Å². The van der Waals surface area contributed by atoms with Gasteiger partial charge in [0, 0.05) is 16.9 Å². The summed E-state index contributed by atoms with van der Waals surface area (Å²) in [6.07, 6.45) is -0.00197. The monoisotopic (exact) mass is 257 g/mol. The highest BCUT2D eigenvalue weighted by molar-refractivity contribution is 9.23. The molecule has 1 atom stereocenters. The maximum absolute atomic E-state index is 5.78. The summed E-state index contributed by atoms with van der Waals surface area (Å²) in [5.74, 6) is 0. The fourth-order valence-electron chi connectivity index (χ4n) is 1.10. The average Bonchev–Trinajstić information content (AvgIpc) is 2.09. The minimum Gasteiger partial charge on any atom is -0.492 e. The molecule has 1 radical (unpaired) electrons. The molecule has 0 aromatic heterocycles. The molecule has 0 saturated heterocycles. The zero-order chi connectivity index (χ0) is 9.84. The third-order valence-corrected chi connectivity index (χ3v) is 2.96. The molecule has 0 bridgehead atoms. The lowest BCUT2D eigenvalue weighted by Gasteiger charge is -2.15. The lowest BCUT2D eigenvalue weighted by molar-refractivity contribution is 0.249. The van der Waals surface area contributed by atoms with E-state index in [2.05, 4.69) is 14.1 Å². The molecular weight excluding hydrogens is 247 g/mol. The molecule has 1 rings (SSSR count). The molecule has 1 aromatic rings. The molecule has 4 N–H and O–H groups in total. The first-order chi connectivity index (χ1) is 6.15. The standard InChI is InChI=1S/C8H11N2O.Al.BrH/c1-5(11)7-4-6(9)2-3-8(7)10;;/h2-5H,9-10H2,1H3;;1H/q-1;+2;/p-1. The van der Waals surface area contributed by atoms with Crippen molar-refractivity contribution in [3.63, 3.8) is 0 Å². The van der Waals surface area contributed by atoms with Gasteiger partial charge in [-0.3, -0.25) is 0 Å². The summed E-state index contributed by atoms with van der Waals surface area (Å²) in [4.78, 5) is 0. The minimum atomic E-state index is -0.158. The second kappa shape index (κ2) is 4.87. The van der Waals surface area contributed by atoms with Gasteiger partial charge in [0.25, 0.3) is 0 Å². The Morgan fingerprint density at radius 1 is 1.46 bits per heavy atom. The zero-order valence-electron chi connectivity index (χ0n) is 7.33. The van der Waals surface area contributed by atoms with Crippen molar-refractivity contribution in [1.82, 2.24) is 0 Å². The van der Waals surface area contributed by atoms with Gasteiger partial charge in [0.1, 0.15) is 0 Å². The van der Waals surface area contributed by atoms with E-state index in [1.54, 1.807) is 12.1 Å². The SMILES string of the molecule is CC([O][Al][Br])c1cc(N)ccc1N. The van der Waals surface area contributed by atoms with Crippen LogP contribution in [0.2, 0.25) is 0 Å². The van der Waals surface area contributed by atoms with Crippen LogP contribution in [-0.4, -0.2) is 13.7 Å². The summed E-state index contributed by atoms with van der Waals surface area (Å²) in [5, 5.41) is 0. The second-order valence-corrected chi connectivity index (χ2v) is 4.33. The lowest BCUT2D eigenvalue weighted by Crippen LogP contribution is -2.04. The van der Waals surface area contributed by atoms with Crippen LogP contribution >= 0.6 is 14.1 Å². The van der Waals surface area contributed by atoms with Gasteiger partial charge in [0.2, 0.25) is 0 Å². The molecule has 0 aliphatic rings. The number of halogens is 1. The van der Waals surface area contributed by atoms with Crippen molar-refractivity contribution in [3.05, 3.63) is 23.8 Å². The fourth-order valence-corrected chi connectivity index (χ4v) is 2.37. The first-order valence-electron chi connectivity index (χ1n) is 3.87. The lowest BCUT2D eigenvalue weighted by atomic mass is 10.1. The van der Waals surface area contributed by atoms with E-state index in [1.165, 1.54) is 0 Å². The van der Waals surface area contributed by atoms with Crippen molar-refractivity contribution in [2.75, 3.05) is 11.5 Å². The van der Waals surface area contributed by atoms with E-state index in [-0.39, 0.29) is 19.8 Å². The molecule has 5 heteroatoms. The van der Waals surface area contributed by atoms with E-state index in [4.69, 9.17) is 15.3 Å². The van der Waals surface area contributed by atoms with Gasteiger partial charge in [-0.25, -0.2) is 0 Å². The maximum Gasteiger partial charge on any atom is 0.532 e. The summed E-state index contributed by atoms with van der Waals surface area (Å²) in [5.41, 5.74) is 13.8. The van der Waals surface area contributed by atoms with Crippen LogP contribution in [0.25, 0.3) is 0 Å². The number of nitrogen functional groups attached to an aromatic ring is 2. The molecule has 1 unspecified atom stereocenters. The molecule has 0 amide bonds.